The minimum atomic E-state index is -6.61. The smallest absolute Gasteiger partial charge is 0.324 e. The standard InChI is InChI=1S/C11H6F9NO/c12-4-8(22)21-5-1-2-6(7(13)3-5)9(14,15)10(16,17)11(18,19)20/h1-3H,4H2,(H,21,22). The van der Waals surface area contributed by atoms with Crippen molar-refractivity contribution in [3.63, 3.8) is 0 Å². The van der Waals surface area contributed by atoms with Crippen LogP contribution >= 0.6 is 0 Å². The molecule has 0 aliphatic carbocycles. The normalized spacial score (nSPS) is 13.1. The number of rotatable bonds is 4. The van der Waals surface area contributed by atoms with Gasteiger partial charge in [0.25, 0.3) is 5.91 Å². The van der Waals surface area contributed by atoms with Crippen LogP contribution < -0.4 is 5.32 Å². The molecule has 0 radical (unpaired) electrons. The Balaban J connectivity index is 3.24. The Morgan fingerprint density at radius 2 is 1.59 bits per heavy atom. The van der Waals surface area contributed by atoms with Crippen molar-refractivity contribution < 1.29 is 44.3 Å². The van der Waals surface area contributed by atoms with Gasteiger partial charge in [-0.3, -0.25) is 4.79 Å². The van der Waals surface area contributed by atoms with Crippen LogP contribution in [-0.2, 0) is 10.7 Å². The second-order valence-electron chi connectivity index (χ2n) is 4.02. The van der Waals surface area contributed by atoms with Crippen molar-refractivity contribution in [3.8, 4) is 0 Å². The van der Waals surface area contributed by atoms with Gasteiger partial charge in [0.2, 0.25) is 0 Å². The first-order valence-corrected chi connectivity index (χ1v) is 5.32. The van der Waals surface area contributed by atoms with Gasteiger partial charge in [-0.2, -0.15) is 30.7 Å². The molecule has 124 valence electrons. The number of benzene rings is 1. The number of alkyl halides is 8. The first-order valence-electron chi connectivity index (χ1n) is 5.32. The third kappa shape index (κ3) is 3.12. The largest absolute Gasteiger partial charge is 0.460 e. The monoisotopic (exact) mass is 339 g/mol. The summed E-state index contributed by atoms with van der Waals surface area (Å²) in [5.74, 6) is -15.8. The highest BCUT2D eigenvalue weighted by molar-refractivity contribution is 5.91. The molecule has 0 bridgehead atoms. The van der Waals surface area contributed by atoms with Crippen LogP contribution in [0.25, 0.3) is 0 Å². The van der Waals surface area contributed by atoms with Gasteiger partial charge in [-0.05, 0) is 18.2 Å². The lowest BCUT2D eigenvalue weighted by Crippen LogP contribution is -2.50. The molecule has 0 aliphatic rings. The van der Waals surface area contributed by atoms with Gasteiger partial charge in [0, 0.05) is 5.69 Å². The average molecular weight is 339 g/mol. The van der Waals surface area contributed by atoms with E-state index in [-0.39, 0.29) is 12.1 Å². The Morgan fingerprint density at radius 3 is 2.00 bits per heavy atom. The van der Waals surface area contributed by atoms with Gasteiger partial charge in [-0.1, -0.05) is 0 Å². The first-order chi connectivity index (χ1) is 9.84. The number of anilines is 1. The summed E-state index contributed by atoms with van der Waals surface area (Å²) in [5.41, 5.74) is -2.80. The van der Waals surface area contributed by atoms with Crippen LogP contribution in [0.5, 0.6) is 0 Å². The number of amides is 1. The molecule has 22 heavy (non-hydrogen) atoms. The summed E-state index contributed by atoms with van der Waals surface area (Å²) in [5, 5.41) is 1.67. The molecule has 1 aromatic carbocycles. The summed E-state index contributed by atoms with van der Waals surface area (Å²) in [4.78, 5) is 10.6. The Kier molecular flexibility index (Phi) is 4.68. The maximum atomic E-state index is 13.4. The minimum absolute atomic E-state index is 0.0527. The van der Waals surface area contributed by atoms with Crippen LogP contribution in [0.3, 0.4) is 0 Å². The fourth-order valence-electron chi connectivity index (χ4n) is 1.39. The summed E-state index contributed by atoms with van der Waals surface area (Å²) in [6, 6.07) is 0.457. The lowest BCUT2D eigenvalue weighted by molar-refractivity contribution is -0.360. The second kappa shape index (κ2) is 5.69. The molecule has 0 fully saturated rings. The molecule has 0 aromatic heterocycles. The van der Waals surface area contributed by atoms with Crippen LogP contribution in [0.1, 0.15) is 5.56 Å². The molecule has 1 rings (SSSR count). The zero-order valence-electron chi connectivity index (χ0n) is 10.2. The molecule has 11 heteroatoms. The van der Waals surface area contributed by atoms with Crippen LogP contribution in [-0.4, -0.2) is 24.7 Å². The topological polar surface area (TPSA) is 29.1 Å². The molecular weight excluding hydrogens is 333 g/mol. The summed E-state index contributed by atoms with van der Waals surface area (Å²) < 4.78 is 113. The zero-order chi connectivity index (χ0) is 17.3. The molecule has 0 spiro atoms. The molecule has 1 aromatic rings. The van der Waals surface area contributed by atoms with Crippen molar-refractivity contribution in [2.75, 3.05) is 12.0 Å². The molecule has 1 N–H and O–H groups in total. The lowest BCUT2D eigenvalue weighted by Gasteiger charge is -2.28. The molecular formula is C11H6F9NO. The van der Waals surface area contributed by atoms with Gasteiger partial charge >= 0.3 is 18.0 Å². The maximum Gasteiger partial charge on any atom is 0.460 e. The average Bonchev–Trinajstić information content (AvgIpc) is 2.36. The quantitative estimate of drug-likeness (QED) is 0.825. The van der Waals surface area contributed by atoms with Crippen molar-refractivity contribution in [3.05, 3.63) is 29.6 Å². The molecule has 1 amide bonds. The number of hydrogen-bond acceptors (Lipinski definition) is 1. The van der Waals surface area contributed by atoms with Crippen molar-refractivity contribution in [2.45, 2.75) is 18.0 Å². The van der Waals surface area contributed by atoms with E-state index in [0.29, 0.717) is 6.07 Å². The summed E-state index contributed by atoms with van der Waals surface area (Å²) in [7, 11) is 0. The van der Waals surface area contributed by atoms with E-state index < -0.39 is 47.7 Å². The number of carbonyl (C=O) groups is 1. The highest BCUT2D eigenvalue weighted by Crippen LogP contribution is 2.52. The number of carbonyl (C=O) groups excluding carboxylic acids is 1. The second-order valence-corrected chi connectivity index (χ2v) is 4.02. The van der Waals surface area contributed by atoms with Crippen LogP contribution in [0.4, 0.5) is 45.2 Å². The number of hydrogen-bond donors (Lipinski definition) is 1. The van der Waals surface area contributed by atoms with E-state index in [4.69, 9.17) is 0 Å². The van der Waals surface area contributed by atoms with Gasteiger partial charge in [-0.15, -0.1) is 0 Å². The van der Waals surface area contributed by atoms with Gasteiger partial charge in [0.1, 0.15) is 5.82 Å². The number of halogens is 9. The number of nitrogens with one attached hydrogen (secondary N) is 1. The molecule has 0 heterocycles. The zero-order valence-corrected chi connectivity index (χ0v) is 10.2. The first kappa shape index (κ1) is 18.1. The molecule has 0 saturated heterocycles. The van der Waals surface area contributed by atoms with Gasteiger partial charge in [-0.25, -0.2) is 8.78 Å². The Morgan fingerprint density at radius 1 is 1.05 bits per heavy atom. The summed E-state index contributed by atoms with van der Waals surface area (Å²) >= 11 is 0. The third-order valence-electron chi connectivity index (χ3n) is 2.46. The van der Waals surface area contributed by atoms with E-state index in [1.54, 1.807) is 5.32 Å². The van der Waals surface area contributed by atoms with Crippen LogP contribution in [0.2, 0.25) is 0 Å². The lowest BCUT2D eigenvalue weighted by atomic mass is 10.0. The van der Waals surface area contributed by atoms with E-state index in [2.05, 4.69) is 0 Å². The van der Waals surface area contributed by atoms with E-state index in [0.717, 1.165) is 0 Å². The van der Waals surface area contributed by atoms with Gasteiger partial charge < -0.3 is 5.32 Å². The fourth-order valence-corrected chi connectivity index (χ4v) is 1.39. The van der Waals surface area contributed by atoms with Crippen LogP contribution in [0.15, 0.2) is 18.2 Å². The van der Waals surface area contributed by atoms with Crippen molar-refractivity contribution in [1.29, 1.82) is 0 Å². The molecule has 2 nitrogen and oxygen atoms in total. The SMILES string of the molecule is O=C(CF)Nc1ccc(C(F)(F)C(F)(F)C(F)(F)F)c(F)c1. The van der Waals surface area contributed by atoms with Gasteiger partial charge in [0.15, 0.2) is 6.67 Å². The van der Waals surface area contributed by atoms with Crippen molar-refractivity contribution >= 4 is 11.6 Å². The van der Waals surface area contributed by atoms with Gasteiger partial charge in [0.05, 0.1) is 5.56 Å². The predicted molar refractivity (Wildman–Crippen MR) is 55.9 cm³/mol. The van der Waals surface area contributed by atoms with E-state index in [1.807, 2.05) is 0 Å². The van der Waals surface area contributed by atoms with E-state index in [1.165, 1.54) is 0 Å². The summed E-state index contributed by atoms with van der Waals surface area (Å²) in [6.45, 7) is -1.54. The Labute approximate surface area is 116 Å². The Bertz CT molecular complexity index is 567. The van der Waals surface area contributed by atoms with E-state index in [9.17, 15) is 44.3 Å². The predicted octanol–water partition coefficient (Wildman–Crippen LogP) is 4.02. The Hall–Kier alpha value is -1.94. The minimum Gasteiger partial charge on any atom is -0.324 e. The fraction of sp³-hybridized carbons (Fsp3) is 0.364. The van der Waals surface area contributed by atoms with Crippen molar-refractivity contribution in [2.24, 2.45) is 0 Å². The highest BCUT2D eigenvalue weighted by atomic mass is 19.4. The van der Waals surface area contributed by atoms with Crippen molar-refractivity contribution in [1.82, 2.24) is 0 Å². The molecule has 0 saturated carbocycles. The molecule has 0 aliphatic heterocycles. The highest BCUT2D eigenvalue weighted by Gasteiger charge is 2.74. The van der Waals surface area contributed by atoms with Crippen LogP contribution in [0, 0.1) is 5.82 Å². The molecule has 0 atom stereocenters. The van der Waals surface area contributed by atoms with E-state index >= 15 is 0 Å². The summed E-state index contributed by atoms with van der Waals surface area (Å²) in [6.07, 6.45) is -6.61. The molecule has 0 unspecified atom stereocenters. The third-order valence-corrected chi connectivity index (χ3v) is 2.46. The maximum absolute atomic E-state index is 13.4.